The molecule has 3 heterocycles. The third-order valence-corrected chi connectivity index (χ3v) is 7.99. The number of hydrogen-bond acceptors (Lipinski definition) is 10. The van der Waals surface area contributed by atoms with Crippen molar-refractivity contribution in [3.05, 3.63) is 40.7 Å². The summed E-state index contributed by atoms with van der Waals surface area (Å²) in [5.41, 5.74) is -0.431. The van der Waals surface area contributed by atoms with Crippen LogP contribution in [0.25, 0.3) is 11.4 Å². The first kappa shape index (κ1) is 27.2. The molecular formula is C23H27F3N6O3S2. The molecule has 1 fully saturated rings. The minimum Gasteiger partial charge on any atom is -0.392 e. The lowest BCUT2D eigenvalue weighted by Gasteiger charge is -2.44. The third kappa shape index (κ3) is 5.70. The Labute approximate surface area is 217 Å². The normalized spacial score (nSPS) is 17.1. The van der Waals surface area contributed by atoms with Gasteiger partial charge in [0.1, 0.15) is 5.01 Å². The number of rotatable bonds is 6. The topological polar surface area (TPSA) is 112 Å². The second-order valence-electron chi connectivity index (χ2n) is 9.24. The van der Waals surface area contributed by atoms with Gasteiger partial charge in [-0.1, -0.05) is 13.8 Å². The molecule has 2 aromatic heterocycles. The molecule has 0 unspecified atom stereocenters. The van der Waals surface area contributed by atoms with Crippen LogP contribution in [0.5, 0.6) is 0 Å². The number of aryl methyl sites for hydroxylation is 1. The van der Waals surface area contributed by atoms with Crippen molar-refractivity contribution >= 4 is 33.0 Å². The monoisotopic (exact) mass is 556 g/mol. The van der Waals surface area contributed by atoms with E-state index in [-0.39, 0.29) is 28.4 Å². The van der Waals surface area contributed by atoms with Crippen LogP contribution in [0.3, 0.4) is 0 Å². The largest absolute Gasteiger partial charge is 0.433 e. The van der Waals surface area contributed by atoms with E-state index >= 15 is 0 Å². The van der Waals surface area contributed by atoms with Crippen molar-refractivity contribution in [2.24, 2.45) is 5.92 Å². The van der Waals surface area contributed by atoms with Crippen LogP contribution in [0.2, 0.25) is 0 Å². The summed E-state index contributed by atoms with van der Waals surface area (Å²) in [5.74, 6) is 0.317. The van der Waals surface area contributed by atoms with Gasteiger partial charge >= 0.3 is 6.18 Å². The van der Waals surface area contributed by atoms with Gasteiger partial charge in [-0.2, -0.15) is 17.5 Å². The molecule has 1 saturated heterocycles. The Morgan fingerprint density at radius 1 is 1.22 bits per heavy atom. The summed E-state index contributed by atoms with van der Waals surface area (Å²) >= 11 is 1.19. The molecule has 0 radical (unpaired) electrons. The van der Waals surface area contributed by atoms with Crippen LogP contribution in [-0.2, 0) is 22.6 Å². The van der Waals surface area contributed by atoms with E-state index in [9.17, 15) is 26.7 Å². The summed E-state index contributed by atoms with van der Waals surface area (Å²) in [6.45, 7) is 6.03. The van der Waals surface area contributed by atoms with Gasteiger partial charge in [0.25, 0.3) is 0 Å². The summed E-state index contributed by atoms with van der Waals surface area (Å²) in [6.07, 6.45) is -2.57. The minimum absolute atomic E-state index is 0.0223. The fraction of sp³-hybridized carbons (Fsp3) is 0.478. The number of hydrogen-bond donors (Lipinski definition) is 1. The average Bonchev–Trinajstić information content (AvgIpc) is 3.28. The molecule has 14 heteroatoms. The van der Waals surface area contributed by atoms with E-state index in [1.807, 2.05) is 24.8 Å². The second kappa shape index (κ2) is 10.1. The zero-order valence-corrected chi connectivity index (χ0v) is 22.3. The van der Waals surface area contributed by atoms with Crippen LogP contribution >= 0.6 is 11.5 Å². The van der Waals surface area contributed by atoms with Crippen molar-refractivity contribution in [2.75, 3.05) is 35.7 Å². The lowest BCUT2D eigenvalue weighted by Crippen LogP contribution is -2.56. The summed E-state index contributed by atoms with van der Waals surface area (Å²) < 4.78 is 70.1. The number of aliphatic hydroxyl groups excluding tert-OH is 1. The number of aliphatic hydroxyl groups is 1. The van der Waals surface area contributed by atoms with E-state index < -0.39 is 28.3 Å². The number of piperazine rings is 1. The van der Waals surface area contributed by atoms with E-state index in [1.165, 1.54) is 11.5 Å². The van der Waals surface area contributed by atoms with Gasteiger partial charge in [0.15, 0.2) is 21.4 Å². The maximum absolute atomic E-state index is 13.5. The molecule has 0 aliphatic carbocycles. The first-order valence-electron chi connectivity index (χ1n) is 11.5. The average molecular weight is 557 g/mol. The number of sulfone groups is 1. The smallest absolute Gasteiger partial charge is 0.392 e. The molecule has 1 atom stereocenters. The maximum Gasteiger partial charge on any atom is 0.433 e. The summed E-state index contributed by atoms with van der Waals surface area (Å²) in [6, 6.07) is 4.85. The molecule has 3 aromatic rings. The Kier molecular flexibility index (Phi) is 7.45. The zero-order valence-electron chi connectivity index (χ0n) is 20.7. The van der Waals surface area contributed by atoms with Gasteiger partial charge in [-0.3, -0.25) is 0 Å². The quantitative estimate of drug-likeness (QED) is 0.487. The number of nitrogens with zero attached hydrogens (tertiary/aromatic N) is 6. The number of halogens is 3. The number of anilines is 2. The van der Waals surface area contributed by atoms with Gasteiger partial charge in [-0.15, -0.1) is 0 Å². The van der Waals surface area contributed by atoms with E-state index in [0.29, 0.717) is 36.7 Å². The number of aromatic nitrogens is 4. The van der Waals surface area contributed by atoms with Crippen LogP contribution in [0.1, 0.15) is 30.1 Å². The van der Waals surface area contributed by atoms with E-state index in [4.69, 9.17) is 0 Å². The van der Waals surface area contributed by atoms with Crippen LogP contribution in [0.4, 0.5) is 24.8 Å². The SMILES string of the molecule is Cc1nc(-c2ccc(N3CCN(c4ncc(CO)c(C(F)(F)F)n4)[C@H](C(C)C)C3)cc2S(C)(=O)=O)ns1. The van der Waals surface area contributed by atoms with Gasteiger partial charge < -0.3 is 14.9 Å². The molecule has 0 spiro atoms. The lowest BCUT2D eigenvalue weighted by molar-refractivity contribution is -0.142. The molecule has 1 aromatic carbocycles. The van der Waals surface area contributed by atoms with Crippen LogP contribution < -0.4 is 9.80 Å². The Balaban J connectivity index is 1.67. The van der Waals surface area contributed by atoms with Crippen molar-refractivity contribution in [2.45, 2.75) is 44.5 Å². The first-order chi connectivity index (χ1) is 17.3. The molecule has 0 bridgehead atoms. The fourth-order valence-corrected chi connectivity index (χ4v) is 5.75. The highest BCUT2D eigenvalue weighted by atomic mass is 32.2. The lowest BCUT2D eigenvalue weighted by atomic mass is 9.99. The molecule has 4 rings (SSSR count). The van der Waals surface area contributed by atoms with Crippen molar-refractivity contribution in [3.8, 4) is 11.4 Å². The Morgan fingerprint density at radius 3 is 2.51 bits per heavy atom. The van der Waals surface area contributed by atoms with Crippen LogP contribution in [0.15, 0.2) is 29.3 Å². The molecule has 1 N–H and O–H groups in total. The second-order valence-corrected chi connectivity index (χ2v) is 12.2. The van der Waals surface area contributed by atoms with E-state index in [2.05, 4.69) is 19.3 Å². The summed E-state index contributed by atoms with van der Waals surface area (Å²) in [4.78, 5) is 16.1. The van der Waals surface area contributed by atoms with Gasteiger partial charge in [-0.25, -0.2) is 23.4 Å². The summed E-state index contributed by atoms with van der Waals surface area (Å²) in [7, 11) is -3.60. The van der Waals surface area contributed by atoms with Crippen molar-refractivity contribution in [1.29, 1.82) is 0 Å². The highest BCUT2D eigenvalue weighted by Crippen LogP contribution is 2.34. The standard InChI is InChI=1S/C23H27F3N6O3S2/c1-13(2)18-11-31(7-8-32(18)22-27-10-15(12-33)20(29-22)23(24,25)26)16-5-6-17(19(9-16)37(4,34)35)21-28-14(3)36-30-21/h5-6,9-10,13,18,33H,7-8,11-12H2,1-4H3/t18-/m0/s1. The van der Waals surface area contributed by atoms with Gasteiger partial charge in [-0.05, 0) is 42.6 Å². The van der Waals surface area contributed by atoms with Crippen molar-refractivity contribution < 1.29 is 26.7 Å². The van der Waals surface area contributed by atoms with Gasteiger partial charge in [0.05, 0.1) is 17.5 Å². The predicted molar refractivity (Wildman–Crippen MR) is 134 cm³/mol. The Bertz CT molecular complexity index is 1390. The zero-order chi connectivity index (χ0) is 27.1. The van der Waals surface area contributed by atoms with Crippen molar-refractivity contribution in [3.63, 3.8) is 0 Å². The Morgan fingerprint density at radius 2 is 1.95 bits per heavy atom. The van der Waals surface area contributed by atoms with Gasteiger partial charge in [0, 0.05) is 48.9 Å². The number of alkyl halides is 3. The molecule has 0 saturated carbocycles. The molecule has 1 aliphatic heterocycles. The van der Waals surface area contributed by atoms with Crippen LogP contribution in [-0.4, -0.2) is 64.8 Å². The van der Waals surface area contributed by atoms with E-state index in [1.54, 1.807) is 24.0 Å². The first-order valence-corrected chi connectivity index (χ1v) is 14.2. The van der Waals surface area contributed by atoms with E-state index in [0.717, 1.165) is 17.5 Å². The maximum atomic E-state index is 13.5. The van der Waals surface area contributed by atoms with Gasteiger partial charge in [0.2, 0.25) is 5.95 Å². The molecule has 37 heavy (non-hydrogen) atoms. The highest BCUT2D eigenvalue weighted by molar-refractivity contribution is 7.90. The molecular weight excluding hydrogens is 529 g/mol. The Hall–Kier alpha value is -2.84. The molecule has 0 amide bonds. The predicted octanol–water partition coefficient (Wildman–Crippen LogP) is 3.57. The molecule has 1 aliphatic rings. The fourth-order valence-electron chi connectivity index (χ4n) is 4.37. The summed E-state index contributed by atoms with van der Waals surface area (Å²) in [5, 5.41) is 10.0. The number of benzene rings is 1. The minimum atomic E-state index is -4.72. The van der Waals surface area contributed by atoms with Crippen molar-refractivity contribution in [1.82, 2.24) is 19.3 Å². The third-order valence-electron chi connectivity index (χ3n) is 6.23. The van der Waals surface area contributed by atoms with Crippen LogP contribution in [0, 0.1) is 12.8 Å². The molecule has 9 nitrogen and oxygen atoms in total. The molecule has 200 valence electrons. The highest BCUT2D eigenvalue weighted by Gasteiger charge is 2.38.